The molecule has 0 aliphatic carbocycles. The number of ether oxygens (including phenoxy) is 3. The molecule has 0 amide bonds. The molecule has 0 saturated carbocycles. The molecule has 0 aromatic heterocycles. The molecule has 0 heterocycles. The summed E-state index contributed by atoms with van der Waals surface area (Å²) < 4.78 is 17.2. The number of carbonyl (C=O) groups excluding carboxylic acids is 3. The number of nitrogens with zero attached hydrogens (tertiary/aromatic N) is 1. The maximum absolute atomic E-state index is 12.7. The first-order valence-corrected chi connectivity index (χ1v) is 23.7. The molecular formula is C48H91NO7. The second-order valence-corrected chi connectivity index (χ2v) is 17.4. The Bertz CT molecular complexity index is 931. The molecule has 8 heteroatoms. The van der Waals surface area contributed by atoms with Crippen LogP contribution in [0.15, 0.2) is 12.2 Å². The summed E-state index contributed by atoms with van der Waals surface area (Å²) in [6.07, 6.45) is 42.3. The molecule has 8 nitrogen and oxygen atoms in total. The molecule has 0 rings (SSSR count). The maximum atomic E-state index is 12.7. The number of quaternary nitrogens is 1. The lowest BCUT2D eigenvalue weighted by Crippen LogP contribution is -2.55. The van der Waals surface area contributed by atoms with E-state index in [-0.39, 0.29) is 42.7 Å². The van der Waals surface area contributed by atoms with Gasteiger partial charge in [-0.25, -0.2) is 0 Å². The highest BCUT2D eigenvalue weighted by molar-refractivity contribution is 5.70. The van der Waals surface area contributed by atoms with Crippen molar-refractivity contribution in [3.63, 3.8) is 0 Å². The molecule has 0 bridgehead atoms. The molecule has 0 aromatic rings. The van der Waals surface area contributed by atoms with Crippen molar-refractivity contribution < 1.29 is 38.2 Å². The van der Waals surface area contributed by atoms with Crippen LogP contribution in [0.3, 0.4) is 0 Å². The number of hydrogen-bond donors (Lipinski definition) is 0. The van der Waals surface area contributed by atoms with Gasteiger partial charge in [-0.15, -0.1) is 0 Å². The first-order chi connectivity index (χ1) is 27.1. The Labute approximate surface area is 346 Å². The van der Waals surface area contributed by atoms with Gasteiger partial charge in [-0.3, -0.25) is 9.59 Å². The highest BCUT2D eigenvalue weighted by atomic mass is 16.6. The van der Waals surface area contributed by atoms with E-state index in [0.29, 0.717) is 12.8 Å². The molecule has 0 fully saturated rings. The van der Waals surface area contributed by atoms with E-state index in [1.807, 2.05) is 0 Å². The molecule has 0 spiro atoms. The van der Waals surface area contributed by atoms with Gasteiger partial charge >= 0.3 is 11.9 Å². The third-order valence-corrected chi connectivity index (χ3v) is 10.9. The Morgan fingerprint density at radius 3 is 1.29 bits per heavy atom. The van der Waals surface area contributed by atoms with Crippen molar-refractivity contribution in [2.75, 3.05) is 41.0 Å². The number of hydrogen-bond acceptors (Lipinski definition) is 7. The van der Waals surface area contributed by atoms with Crippen LogP contribution in [-0.4, -0.2) is 75.5 Å². The van der Waals surface area contributed by atoms with Gasteiger partial charge in [0.1, 0.15) is 12.6 Å². The Balaban J connectivity index is 4.28. The SMILES string of the molecule is CCCCCCCC/C=C\CCCCCCCCCC(=O)OC(COCCC(C(=O)[O-])[N+](C)(C)C)COC(=O)CCCCCCCCCCCCCCCCC. The fourth-order valence-electron chi connectivity index (χ4n) is 7.18. The highest BCUT2D eigenvalue weighted by Crippen LogP contribution is 2.16. The van der Waals surface area contributed by atoms with Crippen molar-refractivity contribution in [2.24, 2.45) is 0 Å². The summed E-state index contributed by atoms with van der Waals surface area (Å²) in [5, 5.41) is 11.6. The van der Waals surface area contributed by atoms with E-state index in [1.165, 1.54) is 154 Å². The van der Waals surface area contributed by atoms with Crippen molar-refractivity contribution in [3.05, 3.63) is 12.2 Å². The van der Waals surface area contributed by atoms with Crippen molar-refractivity contribution >= 4 is 17.9 Å². The Kier molecular flexibility index (Phi) is 38.5. The van der Waals surface area contributed by atoms with Gasteiger partial charge in [-0.1, -0.05) is 180 Å². The maximum Gasteiger partial charge on any atom is 0.306 e. The summed E-state index contributed by atoms with van der Waals surface area (Å²) in [5.41, 5.74) is 0. The number of carboxylic acids is 1. The van der Waals surface area contributed by atoms with E-state index in [0.717, 1.165) is 38.5 Å². The third-order valence-electron chi connectivity index (χ3n) is 10.9. The van der Waals surface area contributed by atoms with Crippen LogP contribution < -0.4 is 5.11 Å². The molecule has 0 radical (unpaired) electrons. The minimum Gasteiger partial charge on any atom is -0.544 e. The van der Waals surface area contributed by atoms with E-state index in [9.17, 15) is 19.5 Å². The van der Waals surface area contributed by atoms with Crippen LogP contribution in [0, 0.1) is 0 Å². The zero-order valence-electron chi connectivity index (χ0n) is 37.6. The van der Waals surface area contributed by atoms with E-state index in [2.05, 4.69) is 26.0 Å². The van der Waals surface area contributed by atoms with Gasteiger partial charge in [0.25, 0.3) is 0 Å². The van der Waals surface area contributed by atoms with Gasteiger partial charge in [0.15, 0.2) is 6.10 Å². The molecule has 0 aliphatic rings. The molecule has 330 valence electrons. The molecule has 0 aromatic carbocycles. The predicted molar refractivity (Wildman–Crippen MR) is 231 cm³/mol. The fourth-order valence-corrected chi connectivity index (χ4v) is 7.18. The molecule has 56 heavy (non-hydrogen) atoms. The standard InChI is InChI=1S/C48H91NO7/c1-6-8-10-12-14-16-18-20-22-23-25-27-29-31-33-35-37-39-47(51)56-44(42-54-41-40-45(48(52)53)49(3,4)5)43-55-46(50)38-36-34-32-30-28-26-24-21-19-17-15-13-11-9-7-2/h20,22,44-45H,6-19,21,23-43H2,1-5H3/b22-20-. The molecule has 0 aliphatic heterocycles. The van der Waals surface area contributed by atoms with Crippen LogP contribution in [0.4, 0.5) is 0 Å². The summed E-state index contributed by atoms with van der Waals surface area (Å²) in [5.74, 6) is -1.72. The summed E-state index contributed by atoms with van der Waals surface area (Å²) in [4.78, 5) is 36.9. The number of carboxylic acid groups (broad SMARTS) is 1. The highest BCUT2D eigenvalue weighted by Gasteiger charge is 2.25. The van der Waals surface area contributed by atoms with E-state index >= 15 is 0 Å². The smallest absolute Gasteiger partial charge is 0.306 e. The van der Waals surface area contributed by atoms with Gasteiger partial charge in [0.2, 0.25) is 0 Å². The first kappa shape index (κ1) is 54.1. The summed E-state index contributed by atoms with van der Waals surface area (Å²) in [6.45, 7) is 4.69. The average molecular weight is 794 g/mol. The normalized spacial score (nSPS) is 12.9. The fraction of sp³-hybridized carbons (Fsp3) is 0.896. The summed E-state index contributed by atoms with van der Waals surface area (Å²) in [7, 11) is 5.42. The van der Waals surface area contributed by atoms with Crippen LogP contribution in [0.5, 0.6) is 0 Å². The summed E-state index contributed by atoms with van der Waals surface area (Å²) >= 11 is 0. The molecule has 2 atom stereocenters. The van der Waals surface area contributed by atoms with E-state index in [1.54, 1.807) is 21.1 Å². The average Bonchev–Trinajstić information content (AvgIpc) is 3.15. The van der Waals surface area contributed by atoms with Gasteiger partial charge < -0.3 is 28.6 Å². The minimum atomic E-state index is -1.12. The van der Waals surface area contributed by atoms with Crippen molar-refractivity contribution in [2.45, 2.75) is 238 Å². The quantitative estimate of drug-likeness (QED) is 0.0262. The van der Waals surface area contributed by atoms with Crippen LogP contribution in [0.25, 0.3) is 0 Å². The van der Waals surface area contributed by atoms with Gasteiger partial charge in [0.05, 0.1) is 40.3 Å². The topological polar surface area (TPSA) is 102 Å². The van der Waals surface area contributed by atoms with Crippen LogP contribution >= 0.6 is 0 Å². The minimum absolute atomic E-state index is 0.0448. The number of likely N-dealkylation sites (N-methyl/N-ethyl adjacent to an activating group) is 1. The predicted octanol–water partition coefficient (Wildman–Crippen LogP) is 11.8. The molecule has 0 N–H and O–H groups in total. The Morgan fingerprint density at radius 2 is 0.893 bits per heavy atom. The second-order valence-electron chi connectivity index (χ2n) is 17.4. The Morgan fingerprint density at radius 1 is 0.518 bits per heavy atom. The third kappa shape index (κ3) is 37.6. The number of aliphatic carboxylic acids is 1. The number of unbranched alkanes of at least 4 members (excludes halogenated alkanes) is 27. The van der Waals surface area contributed by atoms with E-state index < -0.39 is 18.1 Å². The van der Waals surface area contributed by atoms with Crippen LogP contribution in [0.1, 0.15) is 226 Å². The largest absolute Gasteiger partial charge is 0.544 e. The number of carbonyl (C=O) groups is 3. The molecule has 2 unspecified atom stereocenters. The zero-order chi connectivity index (χ0) is 41.4. The van der Waals surface area contributed by atoms with E-state index in [4.69, 9.17) is 14.2 Å². The first-order valence-electron chi connectivity index (χ1n) is 23.7. The van der Waals surface area contributed by atoms with Gasteiger partial charge in [0, 0.05) is 19.3 Å². The van der Waals surface area contributed by atoms with Crippen molar-refractivity contribution in [3.8, 4) is 0 Å². The second kappa shape index (κ2) is 39.9. The number of rotatable bonds is 43. The van der Waals surface area contributed by atoms with Crippen LogP contribution in [0.2, 0.25) is 0 Å². The van der Waals surface area contributed by atoms with Crippen molar-refractivity contribution in [1.82, 2.24) is 0 Å². The lowest BCUT2D eigenvalue weighted by molar-refractivity contribution is -0.889. The van der Waals surface area contributed by atoms with Gasteiger partial charge in [-0.05, 0) is 38.5 Å². The van der Waals surface area contributed by atoms with Gasteiger partial charge in [-0.2, -0.15) is 0 Å². The zero-order valence-corrected chi connectivity index (χ0v) is 37.6. The molecule has 0 saturated heterocycles. The lowest BCUT2D eigenvalue weighted by atomic mass is 10.0. The molecular weight excluding hydrogens is 703 g/mol. The summed E-state index contributed by atoms with van der Waals surface area (Å²) in [6, 6.07) is -0.722. The van der Waals surface area contributed by atoms with Crippen molar-refractivity contribution in [1.29, 1.82) is 0 Å². The van der Waals surface area contributed by atoms with Crippen LogP contribution in [-0.2, 0) is 28.6 Å². The number of allylic oxidation sites excluding steroid dienone is 2. The monoisotopic (exact) mass is 794 g/mol. The number of esters is 2. The Hall–Kier alpha value is -1.93. The lowest BCUT2D eigenvalue weighted by Gasteiger charge is -2.34.